The zero-order valence-corrected chi connectivity index (χ0v) is 12.4. The van der Waals surface area contributed by atoms with Crippen molar-refractivity contribution in [2.45, 2.75) is 13.8 Å². The second-order valence-electron chi connectivity index (χ2n) is 4.81. The summed E-state index contributed by atoms with van der Waals surface area (Å²) in [7, 11) is 0. The summed E-state index contributed by atoms with van der Waals surface area (Å²) in [5.41, 5.74) is 2.97. The number of hydrogen-bond acceptors (Lipinski definition) is 4. The average molecular weight is 296 g/mol. The van der Waals surface area contributed by atoms with Crippen LogP contribution in [-0.2, 0) is 9.47 Å². The Bertz CT molecular complexity index is 582. The molecule has 0 fully saturated rings. The highest BCUT2D eigenvalue weighted by Crippen LogP contribution is 2.08. The van der Waals surface area contributed by atoms with Gasteiger partial charge in [0, 0.05) is 0 Å². The van der Waals surface area contributed by atoms with E-state index in [0.717, 1.165) is 24.3 Å². The van der Waals surface area contributed by atoms with Crippen LogP contribution in [0, 0.1) is 27.1 Å². The Labute approximate surface area is 129 Å². The molecule has 2 radical (unpaired) electrons. The van der Waals surface area contributed by atoms with Crippen LogP contribution < -0.4 is 0 Å². The van der Waals surface area contributed by atoms with Crippen molar-refractivity contribution in [3.05, 3.63) is 84.0 Å². The summed E-state index contributed by atoms with van der Waals surface area (Å²) in [6.07, 6.45) is 0. The predicted molar refractivity (Wildman–Crippen MR) is 81.8 cm³/mol. The molecule has 2 rings (SSSR count). The SMILES string of the molecule is Cc1ccc(C(=O)O[CH][CH]OC(=O)c2ccc(C)cc2)cc1. The first kappa shape index (κ1) is 15.8. The number of esters is 2. The predicted octanol–water partition coefficient (Wildman–Crippen LogP) is 3.64. The van der Waals surface area contributed by atoms with Crippen LogP contribution in [0.1, 0.15) is 31.8 Å². The van der Waals surface area contributed by atoms with Gasteiger partial charge in [0.05, 0.1) is 11.1 Å². The van der Waals surface area contributed by atoms with E-state index < -0.39 is 11.9 Å². The summed E-state index contributed by atoms with van der Waals surface area (Å²) >= 11 is 0. The van der Waals surface area contributed by atoms with Crippen LogP contribution >= 0.6 is 0 Å². The van der Waals surface area contributed by atoms with E-state index in [0.29, 0.717) is 11.1 Å². The fourth-order valence-electron chi connectivity index (χ4n) is 1.69. The van der Waals surface area contributed by atoms with E-state index >= 15 is 0 Å². The Hall–Kier alpha value is -2.62. The largest absolute Gasteiger partial charge is 0.450 e. The maximum Gasteiger partial charge on any atom is 0.338 e. The van der Waals surface area contributed by atoms with Crippen molar-refractivity contribution in [3.8, 4) is 0 Å². The summed E-state index contributed by atoms with van der Waals surface area (Å²) in [4.78, 5) is 23.4. The minimum atomic E-state index is -0.511. The van der Waals surface area contributed by atoms with Crippen LogP contribution in [0.25, 0.3) is 0 Å². The standard InChI is InChI=1S/C18H16O4/c1-13-3-7-15(8-4-13)17(19)21-11-12-22-18(20)16-9-5-14(2)6-10-16/h3-12H,1-2H3. The summed E-state index contributed by atoms with van der Waals surface area (Å²) in [5.74, 6) is -1.02. The van der Waals surface area contributed by atoms with E-state index in [-0.39, 0.29) is 0 Å². The fourth-order valence-corrected chi connectivity index (χ4v) is 1.69. The third-order valence-electron chi connectivity index (χ3n) is 2.98. The molecule has 4 heteroatoms. The van der Waals surface area contributed by atoms with Crippen LogP contribution in [0.3, 0.4) is 0 Å². The first-order valence-electron chi connectivity index (χ1n) is 6.76. The lowest BCUT2D eigenvalue weighted by atomic mass is 10.1. The zero-order chi connectivity index (χ0) is 15.9. The summed E-state index contributed by atoms with van der Waals surface area (Å²) in [6.45, 7) is 5.96. The second kappa shape index (κ2) is 7.41. The van der Waals surface area contributed by atoms with Gasteiger partial charge in [0.2, 0.25) is 0 Å². The van der Waals surface area contributed by atoms with Gasteiger partial charge in [0.25, 0.3) is 0 Å². The molecule has 0 aliphatic heterocycles. The molecule has 0 unspecified atom stereocenters. The summed E-state index contributed by atoms with van der Waals surface area (Å²) in [6, 6.07) is 14.0. The molecule has 0 saturated heterocycles. The van der Waals surface area contributed by atoms with Gasteiger partial charge in [-0.3, -0.25) is 0 Å². The van der Waals surface area contributed by atoms with Gasteiger partial charge < -0.3 is 9.47 Å². The van der Waals surface area contributed by atoms with Gasteiger partial charge in [0.1, 0.15) is 0 Å². The van der Waals surface area contributed by atoms with Crippen molar-refractivity contribution in [1.29, 1.82) is 0 Å². The molecule has 22 heavy (non-hydrogen) atoms. The van der Waals surface area contributed by atoms with Crippen molar-refractivity contribution >= 4 is 11.9 Å². The van der Waals surface area contributed by atoms with Crippen molar-refractivity contribution in [2.75, 3.05) is 0 Å². The molecular formula is C18H16O4. The Balaban J connectivity index is 1.74. The van der Waals surface area contributed by atoms with Crippen LogP contribution in [0.2, 0.25) is 0 Å². The smallest absolute Gasteiger partial charge is 0.338 e. The Morgan fingerprint density at radius 2 is 1.00 bits per heavy atom. The second-order valence-corrected chi connectivity index (χ2v) is 4.81. The van der Waals surface area contributed by atoms with E-state index in [1.165, 1.54) is 0 Å². The van der Waals surface area contributed by atoms with Crippen LogP contribution in [0.4, 0.5) is 0 Å². The zero-order valence-electron chi connectivity index (χ0n) is 12.4. The molecule has 0 aliphatic rings. The van der Waals surface area contributed by atoms with Gasteiger partial charge in [-0.2, -0.15) is 0 Å². The molecule has 0 spiro atoms. The monoisotopic (exact) mass is 296 g/mol. The number of hydrogen-bond donors (Lipinski definition) is 0. The van der Waals surface area contributed by atoms with E-state index in [9.17, 15) is 9.59 Å². The molecular weight excluding hydrogens is 280 g/mol. The lowest BCUT2D eigenvalue weighted by Gasteiger charge is -2.05. The number of rotatable bonds is 5. The molecule has 0 bridgehead atoms. The molecule has 0 amide bonds. The van der Waals surface area contributed by atoms with Crippen LogP contribution in [-0.4, -0.2) is 11.9 Å². The molecule has 2 aromatic rings. The van der Waals surface area contributed by atoms with E-state index in [1.54, 1.807) is 24.3 Å². The number of ether oxygens (including phenoxy) is 2. The van der Waals surface area contributed by atoms with Crippen LogP contribution in [0.15, 0.2) is 48.5 Å². The minimum absolute atomic E-state index is 0.431. The van der Waals surface area contributed by atoms with Gasteiger partial charge in [0.15, 0.2) is 13.2 Å². The number of carbonyl (C=O) groups excluding carboxylic acids is 2. The number of aryl methyl sites for hydroxylation is 2. The molecule has 112 valence electrons. The molecule has 0 aliphatic carbocycles. The maximum absolute atomic E-state index is 11.7. The van der Waals surface area contributed by atoms with Gasteiger partial charge in [-0.1, -0.05) is 35.4 Å². The highest BCUT2D eigenvalue weighted by Gasteiger charge is 2.10. The molecule has 0 N–H and O–H groups in total. The van der Waals surface area contributed by atoms with Gasteiger partial charge >= 0.3 is 11.9 Å². The normalized spacial score (nSPS) is 10.1. The van der Waals surface area contributed by atoms with Crippen molar-refractivity contribution in [1.82, 2.24) is 0 Å². The Morgan fingerprint density at radius 1 is 0.682 bits per heavy atom. The molecule has 2 aromatic carbocycles. The van der Waals surface area contributed by atoms with E-state index in [4.69, 9.17) is 9.47 Å². The van der Waals surface area contributed by atoms with Gasteiger partial charge in [-0.05, 0) is 38.1 Å². The van der Waals surface area contributed by atoms with Gasteiger partial charge in [-0.25, -0.2) is 9.59 Å². The lowest BCUT2D eigenvalue weighted by molar-refractivity contribution is 0.0490. The first-order valence-corrected chi connectivity index (χ1v) is 6.76. The highest BCUT2D eigenvalue weighted by molar-refractivity contribution is 5.90. The summed E-state index contributed by atoms with van der Waals surface area (Å²) < 4.78 is 9.75. The molecule has 0 atom stereocenters. The van der Waals surface area contributed by atoms with Crippen molar-refractivity contribution in [2.24, 2.45) is 0 Å². The lowest BCUT2D eigenvalue weighted by Crippen LogP contribution is -2.07. The van der Waals surface area contributed by atoms with E-state index in [2.05, 4.69) is 0 Å². The molecule has 4 nitrogen and oxygen atoms in total. The van der Waals surface area contributed by atoms with Crippen LogP contribution in [0.5, 0.6) is 0 Å². The van der Waals surface area contributed by atoms with Gasteiger partial charge in [-0.15, -0.1) is 0 Å². The summed E-state index contributed by atoms with van der Waals surface area (Å²) in [5, 5.41) is 0. The average Bonchev–Trinajstić information content (AvgIpc) is 2.52. The Morgan fingerprint density at radius 3 is 1.32 bits per heavy atom. The first-order chi connectivity index (χ1) is 10.6. The third-order valence-corrected chi connectivity index (χ3v) is 2.98. The molecule has 0 saturated carbocycles. The topological polar surface area (TPSA) is 52.6 Å². The maximum atomic E-state index is 11.7. The number of carbonyl (C=O) groups is 2. The molecule has 0 heterocycles. The fraction of sp³-hybridized carbons (Fsp3) is 0.111. The molecule has 0 aromatic heterocycles. The van der Waals surface area contributed by atoms with Crippen molar-refractivity contribution < 1.29 is 19.1 Å². The Kier molecular flexibility index (Phi) is 5.31. The number of benzene rings is 2. The minimum Gasteiger partial charge on any atom is -0.450 e. The quantitative estimate of drug-likeness (QED) is 0.624. The third kappa shape index (κ3) is 4.45. The highest BCUT2D eigenvalue weighted by atomic mass is 16.6. The van der Waals surface area contributed by atoms with E-state index in [1.807, 2.05) is 38.1 Å². The van der Waals surface area contributed by atoms with Crippen molar-refractivity contribution in [3.63, 3.8) is 0 Å².